The number of ketones is 1. The average Bonchev–Trinajstić information content (AvgIpc) is 2.73. The predicted molar refractivity (Wildman–Crippen MR) is 126 cm³/mol. The summed E-state index contributed by atoms with van der Waals surface area (Å²) in [5.74, 6) is 0.460. The van der Waals surface area contributed by atoms with Gasteiger partial charge in [0, 0.05) is 40.7 Å². The van der Waals surface area contributed by atoms with E-state index in [0.29, 0.717) is 18.7 Å². The number of anilines is 1. The molecule has 0 spiro atoms. The first-order valence-corrected chi connectivity index (χ1v) is 11.3. The maximum atomic E-state index is 13.5. The minimum absolute atomic E-state index is 0.0167. The highest BCUT2D eigenvalue weighted by Crippen LogP contribution is 2.48. The Labute approximate surface area is 190 Å². The van der Waals surface area contributed by atoms with Gasteiger partial charge in [0.1, 0.15) is 5.82 Å². The molecule has 0 fully saturated rings. The van der Waals surface area contributed by atoms with Crippen LogP contribution in [0.3, 0.4) is 0 Å². The molecule has 1 unspecified atom stereocenters. The number of fused-ring (bicyclic) bond motifs is 1. The number of rotatable bonds is 2. The molecular formula is C26H23BrN2O2. The van der Waals surface area contributed by atoms with Gasteiger partial charge in [-0.25, -0.2) is 4.98 Å². The van der Waals surface area contributed by atoms with Crippen LogP contribution in [0.1, 0.15) is 44.6 Å². The first-order valence-electron chi connectivity index (χ1n) is 10.5. The number of hydrogen-bond donors (Lipinski definition) is 0. The van der Waals surface area contributed by atoms with Crippen molar-refractivity contribution in [2.45, 2.75) is 39.0 Å². The zero-order chi connectivity index (χ0) is 21.8. The molecule has 0 bridgehead atoms. The molecular weight excluding hydrogens is 452 g/mol. The highest BCUT2D eigenvalue weighted by Gasteiger charge is 2.44. The maximum Gasteiger partial charge on any atom is 0.233 e. The summed E-state index contributed by atoms with van der Waals surface area (Å²) in [6, 6.07) is 18.0. The molecule has 2 heterocycles. The molecule has 0 N–H and O–H groups in total. The molecule has 1 aliphatic carbocycles. The zero-order valence-corrected chi connectivity index (χ0v) is 19.1. The van der Waals surface area contributed by atoms with Gasteiger partial charge in [0.15, 0.2) is 5.78 Å². The van der Waals surface area contributed by atoms with Gasteiger partial charge in [-0.2, -0.15) is 0 Å². The van der Waals surface area contributed by atoms with Gasteiger partial charge in [0.05, 0.1) is 0 Å². The summed E-state index contributed by atoms with van der Waals surface area (Å²) in [4.78, 5) is 33.1. The molecule has 156 valence electrons. The number of pyridine rings is 1. The number of carbonyl (C=O) groups excluding carboxylic acids is 2. The van der Waals surface area contributed by atoms with E-state index in [9.17, 15) is 9.59 Å². The van der Waals surface area contributed by atoms with Gasteiger partial charge in [0.2, 0.25) is 5.91 Å². The third-order valence-electron chi connectivity index (χ3n) is 6.28. The Kier molecular flexibility index (Phi) is 4.82. The molecule has 3 aromatic rings. The largest absolute Gasteiger partial charge is 0.294 e. The second-order valence-electron chi connectivity index (χ2n) is 9.19. The number of nitrogens with zero attached hydrogens (tertiary/aromatic N) is 2. The van der Waals surface area contributed by atoms with Crippen LogP contribution in [0.4, 0.5) is 5.82 Å². The fourth-order valence-corrected chi connectivity index (χ4v) is 5.24. The summed E-state index contributed by atoms with van der Waals surface area (Å²) in [7, 11) is 0. The zero-order valence-electron chi connectivity index (χ0n) is 17.6. The van der Waals surface area contributed by atoms with Crippen LogP contribution in [-0.4, -0.2) is 16.7 Å². The van der Waals surface area contributed by atoms with Crippen molar-refractivity contribution in [2.24, 2.45) is 5.41 Å². The third kappa shape index (κ3) is 3.51. The Morgan fingerprint density at radius 3 is 2.55 bits per heavy atom. The van der Waals surface area contributed by atoms with Crippen LogP contribution in [0.2, 0.25) is 0 Å². The normalized spacial score (nSPS) is 20.9. The van der Waals surface area contributed by atoms with Crippen LogP contribution in [-0.2, 0) is 9.59 Å². The molecule has 2 aliphatic rings. The lowest BCUT2D eigenvalue weighted by atomic mass is 9.69. The number of hydrogen-bond acceptors (Lipinski definition) is 3. The van der Waals surface area contributed by atoms with Crippen LogP contribution < -0.4 is 4.90 Å². The number of benzene rings is 2. The number of carbonyl (C=O) groups is 2. The summed E-state index contributed by atoms with van der Waals surface area (Å²) in [6.07, 6.45) is 3.11. The molecule has 1 amide bonds. The van der Waals surface area contributed by atoms with E-state index in [0.717, 1.165) is 32.1 Å². The smallest absolute Gasteiger partial charge is 0.233 e. The topological polar surface area (TPSA) is 50.3 Å². The molecule has 0 saturated heterocycles. The Hall–Kier alpha value is -2.79. The van der Waals surface area contributed by atoms with Gasteiger partial charge in [-0.3, -0.25) is 14.5 Å². The third-order valence-corrected chi connectivity index (χ3v) is 6.75. The van der Waals surface area contributed by atoms with Gasteiger partial charge in [0.25, 0.3) is 0 Å². The minimum Gasteiger partial charge on any atom is -0.294 e. The quantitative estimate of drug-likeness (QED) is 0.446. The Bertz CT molecular complexity index is 1240. The molecule has 1 aromatic heterocycles. The van der Waals surface area contributed by atoms with Crippen molar-refractivity contribution in [2.75, 3.05) is 4.90 Å². The summed E-state index contributed by atoms with van der Waals surface area (Å²) < 4.78 is 0.851. The van der Waals surface area contributed by atoms with E-state index < -0.39 is 0 Å². The molecule has 4 nitrogen and oxygen atoms in total. The van der Waals surface area contributed by atoms with Crippen molar-refractivity contribution >= 4 is 44.2 Å². The van der Waals surface area contributed by atoms with Crippen molar-refractivity contribution < 1.29 is 9.59 Å². The molecule has 1 atom stereocenters. The Balaban J connectivity index is 1.73. The lowest BCUT2D eigenvalue weighted by molar-refractivity contribution is -0.121. The van der Waals surface area contributed by atoms with Gasteiger partial charge in [-0.05, 0) is 56.2 Å². The average molecular weight is 475 g/mol. The van der Waals surface area contributed by atoms with Crippen molar-refractivity contribution in [3.8, 4) is 0 Å². The van der Waals surface area contributed by atoms with E-state index in [1.54, 1.807) is 11.1 Å². The monoisotopic (exact) mass is 474 g/mol. The van der Waals surface area contributed by atoms with E-state index in [1.807, 2.05) is 30.3 Å². The second-order valence-corrected chi connectivity index (χ2v) is 10.1. The molecule has 2 aromatic carbocycles. The van der Waals surface area contributed by atoms with Crippen LogP contribution in [0.5, 0.6) is 0 Å². The van der Waals surface area contributed by atoms with E-state index >= 15 is 0 Å². The van der Waals surface area contributed by atoms with Crippen molar-refractivity contribution in [3.63, 3.8) is 0 Å². The number of aromatic nitrogens is 1. The number of amides is 1. The Morgan fingerprint density at radius 1 is 1.00 bits per heavy atom. The van der Waals surface area contributed by atoms with Crippen molar-refractivity contribution in [1.82, 2.24) is 4.98 Å². The first-order chi connectivity index (χ1) is 14.8. The summed E-state index contributed by atoms with van der Waals surface area (Å²) in [6.45, 7) is 4.18. The van der Waals surface area contributed by atoms with Gasteiger partial charge >= 0.3 is 0 Å². The SMILES string of the molecule is CC1(C)CC(=O)C2=C(C1)N(c1ccc(Br)cn1)C(=O)CC2c1cccc2ccccc12. The minimum atomic E-state index is -0.233. The molecule has 5 rings (SSSR count). The lowest BCUT2D eigenvalue weighted by Gasteiger charge is -2.42. The standard InChI is InChI=1S/C26H23BrN2O2/c1-26(2)13-21-25(22(30)14-26)20(19-9-5-7-16-6-3-4-8-18(16)19)12-24(31)29(21)23-11-10-17(27)15-28-23/h3-11,15,20H,12-14H2,1-2H3. The number of halogens is 1. The fourth-order valence-electron chi connectivity index (χ4n) is 5.00. The summed E-state index contributed by atoms with van der Waals surface area (Å²) >= 11 is 3.41. The number of Topliss-reactive ketones (excluding diaryl/α,β-unsaturated/α-hetero) is 1. The molecule has 0 saturated carbocycles. The van der Waals surface area contributed by atoms with E-state index in [2.05, 4.69) is 59.0 Å². The van der Waals surface area contributed by atoms with Crippen LogP contribution in [0.25, 0.3) is 10.8 Å². The van der Waals surface area contributed by atoms with Crippen LogP contribution in [0.15, 0.2) is 76.5 Å². The highest BCUT2D eigenvalue weighted by molar-refractivity contribution is 9.10. The van der Waals surface area contributed by atoms with E-state index in [-0.39, 0.29) is 29.4 Å². The van der Waals surface area contributed by atoms with Crippen LogP contribution >= 0.6 is 15.9 Å². The van der Waals surface area contributed by atoms with Crippen molar-refractivity contribution in [3.05, 3.63) is 82.1 Å². The number of allylic oxidation sites excluding steroid dienone is 2. The molecule has 31 heavy (non-hydrogen) atoms. The lowest BCUT2D eigenvalue weighted by Crippen LogP contribution is -2.44. The fraction of sp³-hybridized carbons (Fsp3) is 0.269. The molecule has 5 heteroatoms. The first kappa shape index (κ1) is 20.1. The summed E-state index contributed by atoms with van der Waals surface area (Å²) in [5.41, 5.74) is 2.44. The maximum absolute atomic E-state index is 13.5. The van der Waals surface area contributed by atoms with Gasteiger partial charge in [-0.1, -0.05) is 56.3 Å². The molecule has 0 radical (unpaired) electrons. The summed E-state index contributed by atoms with van der Waals surface area (Å²) in [5, 5.41) is 2.22. The van der Waals surface area contributed by atoms with Crippen molar-refractivity contribution in [1.29, 1.82) is 0 Å². The van der Waals surface area contributed by atoms with Gasteiger partial charge < -0.3 is 0 Å². The Morgan fingerprint density at radius 2 is 1.77 bits per heavy atom. The van der Waals surface area contributed by atoms with Gasteiger partial charge in [-0.15, -0.1) is 0 Å². The van der Waals surface area contributed by atoms with E-state index in [4.69, 9.17) is 0 Å². The highest BCUT2D eigenvalue weighted by atomic mass is 79.9. The van der Waals surface area contributed by atoms with Crippen LogP contribution in [0, 0.1) is 5.41 Å². The predicted octanol–water partition coefficient (Wildman–Crippen LogP) is 6.16. The second kappa shape index (κ2) is 7.41. The molecule has 1 aliphatic heterocycles. The van der Waals surface area contributed by atoms with E-state index in [1.165, 1.54) is 0 Å².